The molecule has 0 aliphatic heterocycles. The predicted molar refractivity (Wildman–Crippen MR) is 140 cm³/mol. The molecule has 0 radical (unpaired) electrons. The number of unbranched alkanes of at least 4 members (excludes halogenated alkanes) is 4. The zero-order valence-corrected chi connectivity index (χ0v) is 20.9. The lowest BCUT2D eigenvalue weighted by molar-refractivity contribution is -0.121. The highest BCUT2D eigenvalue weighted by atomic mass is 32.2. The normalized spacial score (nSPS) is 11.0. The first-order valence-corrected chi connectivity index (χ1v) is 13.3. The number of nitrogens with zero attached hydrogens (tertiary/aromatic N) is 2. The molecule has 0 aliphatic rings. The van der Waals surface area contributed by atoms with Crippen LogP contribution in [0.1, 0.15) is 58.8 Å². The van der Waals surface area contributed by atoms with Gasteiger partial charge in [0.15, 0.2) is 5.16 Å². The summed E-state index contributed by atoms with van der Waals surface area (Å²) in [5.41, 5.74) is 4.54. The van der Waals surface area contributed by atoms with E-state index in [-0.39, 0.29) is 5.91 Å². The Morgan fingerprint density at radius 2 is 1.58 bits per heavy atom. The standard InChI is InChI=1S/C28H37N3OS/c1-3-5-6-14-21-29-25(32)20-13-15-22-33-28-30-26(23-16-9-7-10-17-23)27(31(28)4-2)24-18-11-8-12-19-24/h7-12,16-19H,3-6,13-15,20-22H2,1-2H3,(H,29,32). The molecular formula is C28H37N3OS. The molecule has 1 aromatic heterocycles. The number of aromatic nitrogens is 2. The third-order valence-corrected chi connectivity index (χ3v) is 6.79. The summed E-state index contributed by atoms with van der Waals surface area (Å²) >= 11 is 1.79. The average Bonchev–Trinajstić information content (AvgIpc) is 3.23. The van der Waals surface area contributed by atoms with Gasteiger partial charge in [0, 0.05) is 36.4 Å². The molecule has 176 valence electrons. The molecule has 1 N–H and O–H groups in total. The van der Waals surface area contributed by atoms with Crippen LogP contribution in [0.15, 0.2) is 65.8 Å². The molecule has 0 saturated carbocycles. The summed E-state index contributed by atoms with van der Waals surface area (Å²) in [6, 6.07) is 21.0. The Morgan fingerprint density at radius 3 is 2.24 bits per heavy atom. The van der Waals surface area contributed by atoms with E-state index >= 15 is 0 Å². The molecule has 0 saturated heterocycles. The van der Waals surface area contributed by atoms with Gasteiger partial charge in [-0.2, -0.15) is 0 Å². The zero-order valence-electron chi connectivity index (χ0n) is 20.1. The van der Waals surface area contributed by atoms with Gasteiger partial charge in [-0.15, -0.1) is 0 Å². The summed E-state index contributed by atoms with van der Waals surface area (Å²) in [5.74, 6) is 1.15. The van der Waals surface area contributed by atoms with Gasteiger partial charge >= 0.3 is 0 Å². The van der Waals surface area contributed by atoms with Crippen molar-refractivity contribution in [3.8, 4) is 22.5 Å². The molecule has 0 aliphatic carbocycles. The number of benzene rings is 2. The van der Waals surface area contributed by atoms with Crippen molar-refractivity contribution in [1.29, 1.82) is 0 Å². The van der Waals surface area contributed by atoms with E-state index in [4.69, 9.17) is 4.98 Å². The fraction of sp³-hybridized carbons (Fsp3) is 0.429. The summed E-state index contributed by atoms with van der Waals surface area (Å²) in [6.45, 7) is 6.06. The summed E-state index contributed by atoms with van der Waals surface area (Å²) in [5, 5.41) is 4.10. The van der Waals surface area contributed by atoms with Gasteiger partial charge in [-0.3, -0.25) is 4.79 Å². The first kappa shape index (κ1) is 25.1. The molecule has 2 aromatic carbocycles. The van der Waals surface area contributed by atoms with Gasteiger partial charge in [0.05, 0.1) is 11.4 Å². The fourth-order valence-corrected chi connectivity index (χ4v) is 5.00. The number of hydrogen-bond donors (Lipinski definition) is 1. The first-order chi connectivity index (χ1) is 16.2. The maximum Gasteiger partial charge on any atom is 0.219 e. The molecule has 4 nitrogen and oxygen atoms in total. The van der Waals surface area contributed by atoms with Crippen molar-refractivity contribution >= 4 is 17.7 Å². The van der Waals surface area contributed by atoms with Crippen LogP contribution >= 0.6 is 11.8 Å². The Labute approximate surface area is 203 Å². The zero-order chi connectivity index (χ0) is 23.3. The molecule has 0 bridgehead atoms. The molecule has 3 rings (SSSR count). The van der Waals surface area contributed by atoms with Gasteiger partial charge in [-0.1, -0.05) is 98.6 Å². The summed E-state index contributed by atoms with van der Waals surface area (Å²) in [7, 11) is 0. The second-order valence-corrected chi connectivity index (χ2v) is 9.35. The smallest absolute Gasteiger partial charge is 0.219 e. The highest BCUT2D eigenvalue weighted by molar-refractivity contribution is 7.99. The molecule has 3 aromatic rings. The Balaban J connectivity index is 1.60. The predicted octanol–water partition coefficient (Wildman–Crippen LogP) is 7.20. The highest BCUT2D eigenvalue weighted by Gasteiger charge is 2.19. The molecule has 1 amide bonds. The van der Waals surface area contributed by atoms with Crippen LogP contribution < -0.4 is 5.32 Å². The number of imidazole rings is 1. The van der Waals surface area contributed by atoms with Crippen LogP contribution in [-0.4, -0.2) is 27.8 Å². The molecule has 1 heterocycles. The number of rotatable bonds is 14. The Bertz CT molecular complexity index is 970. The van der Waals surface area contributed by atoms with E-state index < -0.39 is 0 Å². The largest absolute Gasteiger partial charge is 0.356 e. The number of thioether (sulfide) groups is 1. The van der Waals surface area contributed by atoms with E-state index in [0.717, 1.165) is 54.5 Å². The lowest BCUT2D eigenvalue weighted by atomic mass is 10.0. The van der Waals surface area contributed by atoms with Crippen LogP contribution in [0.5, 0.6) is 0 Å². The monoisotopic (exact) mass is 463 g/mol. The van der Waals surface area contributed by atoms with Crippen molar-refractivity contribution in [2.75, 3.05) is 12.3 Å². The molecular weight excluding hydrogens is 426 g/mol. The van der Waals surface area contributed by atoms with E-state index in [9.17, 15) is 4.79 Å². The summed E-state index contributed by atoms with van der Waals surface area (Å²) < 4.78 is 2.32. The van der Waals surface area contributed by atoms with Gasteiger partial charge < -0.3 is 9.88 Å². The van der Waals surface area contributed by atoms with E-state index in [2.05, 4.69) is 78.3 Å². The SMILES string of the molecule is CCCCCCNC(=O)CCCCSc1nc(-c2ccccc2)c(-c2ccccc2)n1CC. The van der Waals surface area contributed by atoms with Crippen molar-refractivity contribution in [2.45, 2.75) is 70.5 Å². The van der Waals surface area contributed by atoms with Crippen LogP contribution in [0.2, 0.25) is 0 Å². The fourth-order valence-electron chi connectivity index (χ4n) is 3.94. The number of hydrogen-bond acceptors (Lipinski definition) is 3. The Hall–Kier alpha value is -2.53. The molecule has 0 fully saturated rings. The highest BCUT2D eigenvalue weighted by Crippen LogP contribution is 2.36. The maximum atomic E-state index is 12.0. The van der Waals surface area contributed by atoms with E-state index in [0.29, 0.717) is 6.42 Å². The number of nitrogens with one attached hydrogen (secondary N) is 1. The summed E-state index contributed by atoms with van der Waals surface area (Å²) in [6.07, 6.45) is 7.29. The first-order valence-electron chi connectivity index (χ1n) is 12.4. The summed E-state index contributed by atoms with van der Waals surface area (Å²) in [4.78, 5) is 17.1. The molecule has 0 unspecified atom stereocenters. The average molecular weight is 464 g/mol. The minimum Gasteiger partial charge on any atom is -0.356 e. The van der Waals surface area contributed by atoms with Gasteiger partial charge in [0.25, 0.3) is 0 Å². The Morgan fingerprint density at radius 1 is 0.879 bits per heavy atom. The topological polar surface area (TPSA) is 46.9 Å². The van der Waals surface area contributed by atoms with Crippen LogP contribution in [-0.2, 0) is 11.3 Å². The number of amides is 1. The van der Waals surface area contributed by atoms with Gasteiger partial charge in [-0.25, -0.2) is 4.98 Å². The lowest BCUT2D eigenvalue weighted by Crippen LogP contribution is -2.23. The second-order valence-electron chi connectivity index (χ2n) is 8.28. The van der Waals surface area contributed by atoms with Gasteiger partial charge in [-0.05, 0) is 26.2 Å². The van der Waals surface area contributed by atoms with Crippen LogP contribution in [0.25, 0.3) is 22.5 Å². The van der Waals surface area contributed by atoms with E-state index in [1.54, 1.807) is 11.8 Å². The van der Waals surface area contributed by atoms with E-state index in [1.165, 1.54) is 30.5 Å². The van der Waals surface area contributed by atoms with Crippen molar-refractivity contribution in [1.82, 2.24) is 14.9 Å². The van der Waals surface area contributed by atoms with Crippen molar-refractivity contribution < 1.29 is 4.79 Å². The molecule has 33 heavy (non-hydrogen) atoms. The van der Waals surface area contributed by atoms with Crippen molar-refractivity contribution in [2.24, 2.45) is 0 Å². The maximum absolute atomic E-state index is 12.0. The minimum atomic E-state index is 0.185. The third kappa shape index (κ3) is 7.50. The quantitative estimate of drug-likeness (QED) is 0.203. The second kappa shape index (κ2) is 13.9. The van der Waals surface area contributed by atoms with Crippen LogP contribution in [0.4, 0.5) is 0 Å². The van der Waals surface area contributed by atoms with Crippen LogP contribution in [0, 0.1) is 0 Å². The van der Waals surface area contributed by atoms with Gasteiger partial charge in [0.1, 0.15) is 0 Å². The molecule has 0 atom stereocenters. The minimum absolute atomic E-state index is 0.185. The molecule has 0 spiro atoms. The van der Waals surface area contributed by atoms with E-state index in [1.807, 2.05) is 6.07 Å². The lowest BCUT2D eigenvalue weighted by Gasteiger charge is -2.11. The van der Waals surface area contributed by atoms with Gasteiger partial charge in [0.2, 0.25) is 5.91 Å². The van der Waals surface area contributed by atoms with Crippen LogP contribution in [0.3, 0.4) is 0 Å². The number of carbonyl (C=O) groups is 1. The number of carbonyl (C=O) groups excluding carboxylic acids is 1. The van der Waals surface area contributed by atoms with Crippen molar-refractivity contribution in [3.05, 3.63) is 60.7 Å². The Kier molecular flexibility index (Phi) is 10.6. The third-order valence-electron chi connectivity index (χ3n) is 5.73. The molecule has 5 heteroatoms. The van der Waals surface area contributed by atoms with Crippen molar-refractivity contribution in [3.63, 3.8) is 0 Å².